The molecule has 5 rings (SSSR count). The highest BCUT2D eigenvalue weighted by atomic mass is 16.5. The van der Waals surface area contributed by atoms with Crippen LogP contribution in [0.5, 0.6) is 0 Å². The van der Waals surface area contributed by atoms with E-state index in [2.05, 4.69) is 6.08 Å². The maximum atomic E-state index is 13.1. The summed E-state index contributed by atoms with van der Waals surface area (Å²) in [7, 11) is 0. The molecule has 0 radical (unpaired) electrons. The lowest BCUT2D eigenvalue weighted by Gasteiger charge is -2.49. The number of para-hydroxylation sites is 1. The molecule has 2 aromatic rings. The number of fused-ring (bicyclic) bond motifs is 5. The quantitative estimate of drug-likeness (QED) is 0.799. The van der Waals surface area contributed by atoms with Crippen LogP contribution in [0.4, 0.5) is 0 Å². The molecule has 6 heteroatoms. The van der Waals surface area contributed by atoms with Gasteiger partial charge in [0.2, 0.25) is 0 Å². The van der Waals surface area contributed by atoms with Gasteiger partial charge in [0.1, 0.15) is 11.6 Å². The van der Waals surface area contributed by atoms with Gasteiger partial charge in [-0.25, -0.2) is 23.5 Å². The van der Waals surface area contributed by atoms with E-state index in [0.717, 1.165) is 19.3 Å². The minimum Gasteiger partial charge on any atom is -0.369 e. The number of aromatic nitrogens is 3. The van der Waals surface area contributed by atoms with Crippen LogP contribution in [0.25, 0.3) is 5.69 Å². The predicted molar refractivity (Wildman–Crippen MR) is 93.2 cm³/mol. The van der Waals surface area contributed by atoms with Gasteiger partial charge < -0.3 is 4.74 Å². The number of benzene rings is 1. The van der Waals surface area contributed by atoms with Gasteiger partial charge in [-0.15, -0.1) is 0 Å². The van der Waals surface area contributed by atoms with Crippen molar-refractivity contribution in [1.82, 2.24) is 13.9 Å². The zero-order chi connectivity index (χ0) is 17.0. The Morgan fingerprint density at radius 2 is 1.80 bits per heavy atom. The van der Waals surface area contributed by atoms with Crippen molar-refractivity contribution in [2.24, 2.45) is 0 Å². The van der Waals surface area contributed by atoms with E-state index in [-0.39, 0.29) is 23.5 Å². The molecule has 1 saturated heterocycles. The van der Waals surface area contributed by atoms with Gasteiger partial charge in [0.25, 0.3) is 0 Å². The Hall–Kier alpha value is -2.60. The van der Waals surface area contributed by atoms with Gasteiger partial charge in [-0.05, 0) is 31.4 Å². The van der Waals surface area contributed by atoms with Crippen molar-refractivity contribution in [1.29, 1.82) is 0 Å². The summed E-state index contributed by atoms with van der Waals surface area (Å²) in [5.41, 5.74) is -0.504. The van der Waals surface area contributed by atoms with Crippen molar-refractivity contribution in [3.05, 3.63) is 75.6 Å². The molecular weight excluding hydrogens is 318 g/mol. The van der Waals surface area contributed by atoms with E-state index in [0.29, 0.717) is 12.3 Å². The molecule has 3 atom stereocenters. The van der Waals surface area contributed by atoms with Crippen molar-refractivity contribution in [3.63, 3.8) is 0 Å². The summed E-state index contributed by atoms with van der Waals surface area (Å²) >= 11 is 0. The molecule has 0 unspecified atom stereocenters. The van der Waals surface area contributed by atoms with Crippen molar-refractivity contribution < 1.29 is 4.74 Å². The zero-order valence-corrected chi connectivity index (χ0v) is 13.7. The van der Waals surface area contributed by atoms with Gasteiger partial charge in [-0.1, -0.05) is 42.5 Å². The Kier molecular flexibility index (Phi) is 3.06. The second-order valence-electron chi connectivity index (χ2n) is 6.87. The molecule has 1 aromatic carbocycles. The summed E-state index contributed by atoms with van der Waals surface area (Å²) in [6.07, 6.45) is 10.9. The molecule has 3 aliphatic rings. The maximum absolute atomic E-state index is 13.1. The van der Waals surface area contributed by atoms with E-state index >= 15 is 0 Å². The fraction of sp³-hybridized carbons (Fsp3) is 0.368. The Bertz CT molecular complexity index is 987. The molecule has 25 heavy (non-hydrogen) atoms. The number of ether oxygens (including phenoxy) is 1. The molecule has 0 amide bonds. The first-order valence-corrected chi connectivity index (χ1v) is 8.74. The highest BCUT2D eigenvalue weighted by molar-refractivity contribution is 5.32. The second-order valence-corrected chi connectivity index (χ2v) is 6.87. The highest BCUT2D eigenvalue weighted by Crippen LogP contribution is 2.48. The fourth-order valence-electron chi connectivity index (χ4n) is 4.38. The molecule has 6 nitrogen and oxygen atoms in total. The average molecular weight is 337 g/mol. The van der Waals surface area contributed by atoms with E-state index in [1.807, 2.05) is 36.4 Å². The molecular formula is C19H19N3O3. The summed E-state index contributed by atoms with van der Waals surface area (Å²) in [5.74, 6) is 0. The minimum atomic E-state index is -0.508. The third-order valence-corrected chi connectivity index (χ3v) is 5.52. The number of rotatable bonds is 1. The second kappa shape index (κ2) is 5.20. The van der Waals surface area contributed by atoms with E-state index in [1.54, 1.807) is 21.5 Å². The van der Waals surface area contributed by atoms with Crippen molar-refractivity contribution in [2.75, 3.05) is 6.61 Å². The zero-order valence-electron chi connectivity index (χ0n) is 13.7. The van der Waals surface area contributed by atoms with Crippen LogP contribution in [0.15, 0.2) is 64.2 Å². The molecule has 128 valence electrons. The van der Waals surface area contributed by atoms with Crippen molar-refractivity contribution in [3.8, 4) is 5.69 Å². The van der Waals surface area contributed by atoms with Gasteiger partial charge >= 0.3 is 11.4 Å². The lowest BCUT2D eigenvalue weighted by atomic mass is 9.81. The number of nitrogens with zero attached hydrogens (tertiary/aromatic N) is 3. The smallest absolute Gasteiger partial charge is 0.352 e. The first kappa shape index (κ1) is 14.7. The maximum Gasteiger partial charge on any atom is 0.352 e. The number of allylic oxidation sites excluding steroid dienone is 3. The number of hydrogen-bond donors (Lipinski definition) is 0. The molecule has 1 aromatic heterocycles. The van der Waals surface area contributed by atoms with Crippen LogP contribution in [0.1, 0.15) is 31.3 Å². The summed E-state index contributed by atoms with van der Waals surface area (Å²) < 4.78 is 10.6. The monoisotopic (exact) mass is 337 g/mol. The Balaban J connectivity index is 1.71. The van der Waals surface area contributed by atoms with Gasteiger partial charge in [-0.3, -0.25) is 0 Å². The largest absolute Gasteiger partial charge is 0.369 e. The van der Waals surface area contributed by atoms with Gasteiger partial charge in [0.15, 0.2) is 0 Å². The summed E-state index contributed by atoms with van der Waals surface area (Å²) in [5, 5.41) is 0. The van der Waals surface area contributed by atoms with Crippen LogP contribution < -0.4 is 11.4 Å². The lowest BCUT2D eigenvalue weighted by molar-refractivity contribution is -0.116. The van der Waals surface area contributed by atoms with Gasteiger partial charge in [0, 0.05) is 6.61 Å². The predicted octanol–water partition coefficient (Wildman–Crippen LogP) is 1.96. The summed E-state index contributed by atoms with van der Waals surface area (Å²) in [6.45, 7) is 0.686. The molecule has 3 heterocycles. The van der Waals surface area contributed by atoms with Crippen molar-refractivity contribution in [2.45, 2.75) is 36.9 Å². The standard InChI is InChI=1S/C19H19N3O3/c23-17-20(14-8-2-1-3-9-14)18(24)22-16-15(21(17)22)10-4-5-11-19(16)12-6-7-13-25-19/h1-5,8-11,15-16H,6-7,12-13H2/t15-,16-,19-/m0/s1. The van der Waals surface area contributed by atoms with Crippen LogP contribution in [0.3, 0.4) is 0 Å². The average Bonchev–Trinajstić information content (AvgIpc) is 2.72. The fourth-order valence-corrected chi connectivity index (χ4v) is 4.38. The molecule has 1 fully saturated rings. The molecule has 1 spiro atoms. The Labute approximate surface area is 144 Å². The minimum absolute atomic E-state index is 0.154. The molecule has 2 aliphatic heterocycles. The molecule has 0 N–H and O–H groups in total. The van der Waals surface area contributed by atoms with E-state index in [4.69, 9.17) is 4.74 Å². The van der Waals surface area contributed by atoms with Gasteiger partial charge in [-0.2, -0.15) is 0 Å². The normalized spacial score (nSPS) is 29.8. The molecule has 0 bridgehead atoms. The third-order valence-electron chi connectivity index (χ3n) is 5.52. The van der Waals surface area contributed by atoms with E-state index in [9.17, 15) is 9.59 Å². The SMILES string of the molecule is O=c1n(-c2ccccc2)c(=O)n2n1[C@H]1[C@@H]2C=CC=C[C@]12CCCCO2. The van der Waals surface area contributed by atoms with Gasteiger partial charge in [0.05, 0.1) is 11.7 Å². The first-order chi connectivity index (χ1) is 12.2. The van der Waals surface area contributed by atoms with Crippen LogP contribution in [-0.4, -0.2) is 26.1 Å². The van der Waals surface area contributed by atoms with E-state index < -0.39 is 5.60 Å². The highest BCUT2D eigenvalue weighted by Gasteiger charge is 2.54. The van der Waals surface area contributed by atoms with Crippen LogP contribution in [0.2, 0.25) is 0 Å². The van der Waals surface area contributed by atoms with Crippen molar-refractivity contribution >= 4 is 0 Å². The Morgan fingerprint density at radius 1 is 1.00 bits per heavy atom. The number of hydrogen-bond acceptors (Lipinski definition) is 3. The van der Waals surface area contributed by atoms with Crippen LogP contribution in [-0.2, 0) is 4.74 Å². The lowest BCUT2D eigenvalue weighted by Crippen LogP contribution is -2.58. The molecule has 0 saturated carbocycles. The van der Waals surface area contributed by atoms with E-state index in [1.165, 1.54) is 4.57 Å². The topological polar surface area (TPSA) is 58.2 Å². The Morgan fingerprint density at radius 3 is 2.56 bits per heavy atom. The summed E-state index contributed by atoms with van der Waals surface area (Å²) in [4.78, 5) is 26.0. The molecule has 1 aliphatic carbocycles. The first-order valence-electron chi connectivity index (χ1n) is 8.74. The third kappa shape index (κ3) is 1.88. The van der Waals surface area contributed by atoms with Crippen LogP contribution >= 0.6 is 0 Å². The summed E-state index contributed by atoms with van der Waals surface area (Å²) in [6, 6.07) is 8.75. The van der Waals surface area contributed by atoms with Crippen LogP contribution in [0, 0.1) is 0 Å².